The molecule has 1 rings (SSSR count). The first-order valence-corrected chi connectivity index (χ1v) is 8.66. The molecule has 0 unspecified atom stereocenters. The van der Waals surface area contributed by atoms with Crippen molar-refractivity contribution in [2.75, 3.05) is 13.2 Å². The fourth-order valence-corrected chi connectivity index (χ4v) is 2.75. The minimum atomic E-state index is -3.61. The molecule has 0 saturated carbocycles. The molecule has 0 aliphatic rings. The molecule has 0 aromatic heterocycles. The van der Waals surface area contributed by atoms with Gasteiger partial charge in [0.15, 0.2) is 0 Å². The number of sulfonamides is 1. The Morgan fingerprint density at radius 3 is 2.27 bits per heavy atom. The predicted octanol–water partition coefficient (Wildman–Crippen LogP) is 1.72. The van der Waals surface area contributed by atoms with E-state index in [1.54, 1.807) is 31.2 Å². The Balaban J connectivity index is 2.61. The molecule has 2 N–H and O–H groups in total. The summed E-state index contributed by atoms with van der Waals surface area (Å²) in [6, 6.07) is 6.75. The highest BCUT2D eigenvalue weighted by atomic mass is 32.2. The van der Waals surface area contributed by atoms with Gasteiger partial charge >= 0.3 is 0 Å². The number of hydrogen-bond donors (Lipinski definition) is 2. The normalized spacial score (nSPS) is 12.2. The van der Waals surface area contributed by atoms with Gasteiger partial charge in [-0.2, -0.15) is 0 Å². The van der Waals surface area contributed by atoms with Crippen molar-refractivity contribution >= 4 is 15.9 Å². The van der Waals surface area contributed by atoms with E-state index in [2.05, 4.69) is 31.0 Å². The van der Waals surface area contributed by atoms with Gasteiger partial charge in [0.25, 0.3) is 0 Å². The summed E-state index contributed by atoms with van der Waals surface area (Å²) in [5, 5.41) is 0. The number of carbonyl (C=O) groups is 1. The van der Waals surface area contributed by atoms with Crippen molar-refractivity contribution in [1.29, 1.82) is 0 Å². The van der Waals surface area contributed by atoms with Crippen LogP contribution in [0.4, 0.5) is 0 Å². The fourth-order valence-electron chi connectivity index (χ4n) is 1.72. The number of rotatable bonds is 7. The average molecular weight is 328 g/mol. The highest BCUT2D eigenvalue weighted by Gasteiger charge is 2.17. The lowest BCUT2D eigenvalue weighted by atomic mass is 9.87. The van der Waals surface area contributed by atoms with E-state index < -0.39 is 10.0 Å². The zero-order valence-electron chi connectivity index (χ0n) is 13.5. The molecule has 1 aromatic rings. The van der Waals surface area contributed by atoms with Crippen LogP contribution in [-0.4, -0.2) is 27.5 Å². The molecule has 7 heteroatoms. The second kappa shape index (κ2) is 7.71. The third-order valence-corrected chi connectivity index (χ3v) is 4.48. The largest absolute Gasteiger partial charge is 0.274 e. The summed E-state index contributed by atoms with van der Waals surface area (Å²) in [5.41, 5.74) is 3.23. The van der Waals surface area contributed by atoms with Gasteiger partial charge in [-0.1, -0.05) is 32.9 Å². The number of nitrogens with one attached hydrogen (secondary N) is 2. The maximum Gasteiger partial charge on any atom is 0.244 e. The van der Waals surface area contributed by atoms with Crippen molar-refractivity contribution in [2.24, 2.45) is 0 Å². The molecule has 0 bridgehead atoms. The summed E-state index contributed by atoms with van der Waals surface area (Å²) >= 11 is 0. The summed E-state index contributed by atoms with van der Waals surface area (Å²) in [6.45, 7) is 8.30. The highest BCUT2D eigenvalue weighted by molar-refractivity contribution is 7.89. The van der Waals surface area contributed by atoms with Crippen LogP contribution in [-0.2, 0) is 25.1 Å². The van der Waals surface area contributed by atoms with Crippen LogP contribution >= 0.6 is 0 Å². The van der Waals surface area contributed by atoms with Gasteiger partial charge in [0.2, 0.25) is 15.9 Å². The quantitative estimate of drug-likeness (QED) is 0.747. The second-order valence-corrected chi connectivity index (χ2v) is 7.65. The van der Waals surface area contributed by atoms with Crippen molar-refractivity contribution in [3.8, 4) is 0 Å². The third kappa shape index (κ3) is 5.75. The molecule has 22 heavy (non-hydrogen) atoms. The predicted molar refractivity (Wildman–Crippen MR) is 84.7 cm³/mol. The third-order valence-electron chi connectivity index (χ3n) is 3.01. The number of carbonyl (C=O) groups excluding carboxylic acids is 1. The van der Waals surface area contributed by atoms with Crippen LogP contribution in [0.3, 0.4) is 0 Å². The first-order chi connectivity index (χ1) is 10.2. The van der Waals surface area contributed by atoms with Gasteiger partial charge < -0.3 is 0 Å². The van der Waals surface area contributed by atoms with Crippen LogP contribution in [0.15, 0.2) is 29.2 Å². The monoisotopic (exact) mass is 328 g/mol. The zero-order valence-corrected chi connectivity index (χ0v) is 14.3. The van der Waals surface area contributed by atoms with Gasteiger partial charge in [-0.15, -0.1) is 0 Å². The van der Waals surface area contributed by atoms with Gasteiger partial charge in [-0.3, -0.25) is 9.63 Å². The summed E-state index contributed by atoms with van der Waals surface area (Å²) in [5.74, 6) is -0.368. The SMILES string of the molecule is CCONC(=O)CCNS(=O)(=O)c1ccc(C(C)(C)C)cc1. The van der Waals surface area contributed by atoms with Crippen LogP contribution in [0.1, 0.15) is 39.7 Å². The molecule has 124 valence electrons. The lowest BCUT2D eigenvalue weighted by Crippen LogP contribution is -2.30. The first-order valence-electron chi connectivity index (χ1n) is 7.17. The van der Waals surface area contributed by atoms with Crippen LogP contribution in [0.25, 0.3) is 0 Å². The lowest BCUT2D eigenvalue weighted by Gasteiger charge is -2.19. The molecule has 0 heterocycles. The summed E-state index contributed by atoms with van der Waals surface area (Å²) in [6.07, 6.45) is 0.0132. The number of hydroxylamine groups is 1. The lowest BCUT2D eigenvalue weighted by molar-refractivity contribution is -0.132. The molecule has 0 spiro atoms. The number of amides is 1. The Morgan fingerprint density at radius 2 is 1.77 bits per heavy atom. The fraction of sp³-hybridized carbons (Fsp3) is 0.533. The van der Waals surface area contributed by atoms with E-state index in [0.717, 1.165) is 5.56 Å². The highest BCUT2D eigenvalue weighted by Crippen LogP contribution is 2.23. The Hall–Kier alpha value is -1.44. The standard InChI is InChI=1S/C15H24N2O4S/c1-5-21-17-14(18)10-11-16-22(19,20)13-8-6-12(7-9-13)15(2,3)4/h6-9,16H,5,10-11H2,1-4H3,(H,17,18). The van der Waals surface area contributed by atoms with Crippen molar-refractivity contribution in [1.82, 2.24) is 10.2 Å². The summed E-state index contributed by atoms with van der Waals surface area (Å²) < 4.78 is 26.6. The van der Waals surface area contributed by atoms with Crippen LogP contribution in [0.2, 0.25) is 0 Å². The molecule has 6 nitrogen and oxygen atoms in total. The summed E-state index contributed by atoms with van der Waals surface area (Å²) in [7, 11) is -3.61. The Labute approximate surface area is 132 Å². The van der Waals surface area contributed by atoms with Crippen LogP contribution in [0.5, 0.6) is 0 Å². The van der Waals surface area contributed by atoms with Crippen molar-refractivity contribution < 1.29 is 18.0 Å². The van der Waals surface area contributed by atoms with E-state index in [-0.39, 0.29) is 29.2 Å². The minimum absolute atomic E-state index is 0.0132. The Bertz CT molecular complexity index is 589. The molecular weight excluding hydrogens is 304 g/mol. The van der Waals surface area contributed by atoms with Gasteiger partial charge in [0.1, 0.15) is 0 Å². The Morgan fingerprint density at radius 1 is 1.18 bits per heavy atom. The molecule has 0 aliphatic heterocycles. The van der Waals surface area contributed by atoms with Crippen molar-refractivity contribution in [3.05, 3.63) is 29.8 Å². The number of benzene rings is 1. The molecule has 0 atom stereocenters. The van der Waals surface area contributed by atoms with Crippen molar-refractivity contribution in [3.63, 3.8) is 0 Å². The zero-order chi connectivity index (χ0) is 16.8. The van der Waals surface area contributed by atoms with Gasteiger partial charge in [-0.25, -0.2) is 18.6 Å². The Kier molecular flexibility index (Phi) is 6.52. The van der Waals surface area contributed by atoms with E-state index in [0.29, 0.717) is 6.61 Å². The van der Waals surface area contributed by atoms with Crippen LogP contribution < -0.4 is 10.2 Å². The van der Waals surface area contributed by atoms with E-state index >= 15 is 0 Å². The molecule has 1 amide bonds. The van der Waals surface area contributed by atoms with Crippen LogP contribution in [0, 0.1) is 0 Å². The van der Waals surface area contributed by atoms with Gasteiger partial charge in [0.05, 0.1) is 11.5 Å². The minimum Gasteiger partial charge on any atom is -0.274 e. The van der Waals surface area contributed by atoms with Crippen molar-refractivity contribution in [2.45, 2.75) is 44.4 Å². The van der Waals surface area contributed by atoms with E-state index in [9.17, 15) is 13.2 Å². The van der Waals surface area contributed by atoms with E-state index in [1.807, 2.05) is 0 Å². The molecule has 1 aromatic carbocycles. The second-order valence-electron chi connectivity index (χ2n) is 5.88. The first kappa shape index (κ1) is 18.6. The molecule has 0 saturated heterocycles. The maximum atomic E-state index is 12.1. The van der Waals surface area contributed by atoms with Gasteiger partial charge in [-0.05, 0) is 30.0 Å². The van der Waals surface area contributed by atoms with E-state index in [1.165, 1.54) is 0 Å². The molecule has 0 radical (unpaired) electrons. The molecule has 0 aliphatic carbocycles. The smallest absolute Gasteiger partial charge is 0.244 e. The van der Waals surface area contributed by atoms with E-state index in [4.69, 9.17) is 4.84 Å². The maximum absolute atomic E-state index is 12.1. The topological polar surface area (TPSA) is 84.5 Å². The average Bonchev–Trinajstić information content (AvgIpc) is 2.44. The number of hydrogen-bond acceptors (Lipinski definition) is 4. The molecular formula is C15H24N2O4S. The summed E-state index contributed by atoms with van der Waals surface area (Å²) in [4.78, 5) is 16.2. The molecule has 0 fully saturated rings. The van der Waals surface area contributed by atoms with Gasteiger partial charge in [0, 0.05) is 13.0 Å².